The lowest BCUT2D eigenvalue weighted by Crippen LogP contribution is -2.43. The molecule has 3 heteroatoms. The normalized spacial score (nSPS) is 21.9. The van der Waals surface area contributed by atoms with Crippen LogP contribution >= 0.6 is 0 Å². The molecule has 112 valence electrons. The highest BCUT2D eigenvalue weighted by molar-refractivity contribution is 5.38. The van der Waals surface area contributed by atoms with Crippen LogP contribution in [0.4, 0.5) is 0 Å². The first-order chi connectivity index (χ1) is 9.56. The number of nitrogens with two attached hydrogens (primary N) is 1. The molecule has 0 spiro atoms. The van der Waals surface area contributed by atoms with E-state index >= 15 is 0 Å². The van der Waals surface area contributed by atoms with Gasteiger partial charge in [-0.05, 0) is 62.4 Å². The first-order valence-corrected chi connectivity index (χ1v) is 7.61. The van der Waals surface area contributed by atoms with E-state index in [1.807, 2.05) is 7.11 Å². The zero-order valence-electron chi connectivity index (χ0n) is 13.3. The summed E-state index contributed by atoms with van der Waals surface area (Å²) in [6.45, 7) is 9.33. The van der Waals surface area contributed by atoms with E-state index in [0.29, 0.717) is 18.7 Å². The standard InChI is InChI=1S/C17H28N2O/c1-12-8-14(3)16(9-13(12)2)17(10-18)19-7-5-6-15(11-19)20-4/h8-9,15,17H,5-7,10-11,18H2,1-4H3. The second-order valence-corrected chi connectivity index (χ2v) is 6.04. The molecule has 1 heterocycles. The fraction of sp³-hybridized carbons (Fsp3) is 0.647. The molecular formula is C17H28N2O. The highest BCUT2D eigenvalue weighted by atomic mass is 16.5. The number of rotatable bonds is 4. The van der Waals surface area contributed by atoms with Crippen LogP contribution in [-0.2, 0) is 4.74 Å². The van der Waals surface area contributed by atoms with Crippen LogP contribution in [-0.4, -0.2) is 37.7 Å². The largest absolute Gasteiger partial charge is 0.380 e. The Morgan fingerprint density at radius 2 is 1.95 bits per heavy atom. The molecule has 2 unspecified atom stereocenters. The summed E-state index contributed by atoms with van der Waals surface area (Å²) in [5.74, 6) is 0. The van der Waals surface area contributed by atoms with Crippen molar-refractivity contribution in [2.45, 2.75) is 45.8 Å². The molecule has 1 aliphatic rings. The number of benzene rings is 1. The molecule has 0 aliphatic carbocycles. The highest BCUT2D eigenvalue weighted by Gasteiger charge is 2.27. The van der Waals surface area contributed by atoms with Crippen molar-refractivity contribution in [3.8, 4) is 0 Å². The van der Waals surface area contributed by atoms with Crippen molar-refractivity contribution in [1.29, 1.82) is 0 Å². The summed E-state index contributed by atoms with van der Waals surface area (Å²) in [6, 6.07) is 4.91. The van der Waals surface area contributed by atoms with Crippen LogP contribution in [0.15, 0.2) is 12.1 Å². The molecule has 2 atom stereocenters. The summed E-state index contributed by atoms with van der Waals surface area (Å²) in [6.07, 6.45) is 2.71. The van der Waals surface area contributed by atoms with Gasteiger partial charge >= 0.3 is 0 Å². The second kappa shape index (κ2) is 6.70. The molecule has 0 radical (unpaired) electrons. The lowest BCUT2D eigenvalue weighted by molar-refractivity contribution is 0.0154. The van der Waals surface area contributed by atoms with Crippen molar-refractivity contribution < 1.29 is 4.74 Å². The lowest BCUT2D eigenvalue weighted by atomic mass is 9.93. The maximum atomic E-state index is 6.10. The van der Waals surface area contributed by atoms with E-state index in [9.17, 15) is 0 Å². The molecule has 2 N–H and O–H groups in total. The van der Waals surface area contributed by atoms with E-state index in [-0.39, 0.29) is 0 Å². The van der Waals surface area contributed by atoms with Crippen molar-refractivity contribution in [1.82, 2.24) is 4.90 Å². The Kier molecular flexibility index (Phi) is 5.19. The van der Waals surface area contributed by atoms with Crippen molar-refractivity contribution in [3.05, 3.63) is 34.4 Å². The smallest absolute Gasteiger partial charge is 0.0698 e. The van der Waals surface area contributed by atoms with Crippen LogP contribution in [0.2, 0.25) is 0 Å². The minimum atomic E-state index is 0.312. The Morgan fingerprint density at radius 1 is 1.25 bits per heavy atom. The quantitative estimate of drug-likeness (QED) is 0.919. The predicted molar refractivity (Wildman–Crippen MR) is 84.1 cm³/mol. The first kappa shape index (κ1) is 15.5. The minimum Gasteiger partial charge on any atom is -0.380 e. The summed E-state index contributed by atoms with van der Waals surface area (Å²) < 4.78 is 5.54. The van der Waals surface area contributed by atoms with E-state index in [1.165, 1.54) is 28.7 Å². The third kappa shape index (κ3) is 3.22. The Labute approximate surface area is 123 Å². The molecule has 1 aromatic carbocycles. The van der Waals surface area contributed by atoms with Crippen LogP contribution < -0.4 is 5.73 Å². The highest BCUT2D eigenvalue weighted by Crippen LogP contribution is 2.28. The third-order valence-electron chi connectivity index (χ3n) is 4.65. The molecule has 0 amide bonds. The Hall–Kier alpha value is -0.900. The summed E-state index contributed by atoms with van der Waals surface area (Å²) in [4.78, 5) is 2.49. The van der Waals surface area contributed by atoms with Crippen molar-refractivity contribution in [2.24, 2.45) is 5.73 Å². The van der Waals surface area contributed by atoms with E-state index < -0.39 is 0 Å². The van der Waals surface area contributed by atoms with E-state index in [0.717, 1.165) is 19.5 Å². The molecule has 20 heavy (non-hydrogen) atoms. The summed E-state index contributed by atoms with van der Waals surface area (Å²) in [7, 11) is 1.81. The van der Waals surface area contributed by atoms with Gasteiger partial charge in [-0.2, -0.15) is 0 Å². The van der Waals surface area contributed by atoms with Gasteiger partial charge in [-0.15, -0.1) is 0 Å². The maximum absolute atomic E-state index is 6.10. The van der Waals surface area contributed by atoms with Crippen molar-refractivity contribution in [3.63, 3.8) is 0 Å². The number of likely N-dealkylation sites (tertiary alicyclic amines) is 1. The molecule has 1 aromatic rings. The molecule has 3 nitrogen and oxygen atoms in total. The Balaban J connectivity index is 2.25. The number of ether oxygens (including phenoxy) is 1. The topological polar surface area (TPSA) is 38.5 Å². The van der Waals surface area contributed by atoms with Gasteiger partial charge in [0.1, 0.15) is 0 Å². The molecule has 0 aromatic heterocycles. The molecular weight excluding hydrogens is 248 g/mol. The van der Waals surface area contributed by atoms with Gasteiger partial charge < -0.3 is 10.5 Å². The lowest BCUT2D eigenvalue weighted by Gasteiger charge is -2.38. The second-order valence-electron chi connectivity index (χ2n) is 6.04. The zero-order valence-corrected chi connectivity index (χ0v) is 13.3. The van der Waals surface area contributed by atoms with Crippen LogP contribution in [0.25, 0.3) is 0 Å². The molecule has 1 saturated heterocycles. The number of aryl methyl sites for hydroxylation is 3. The predicted octanol–water partition coefficient (Wildman–Crippen LogP) is 2.72. The molecule has 0 saturated carbocycles. The van der Waals surface area contributed by atoms with E-state index in [1.54, 1.807) is 0 Å². The van der Waals surface area contributed by atoms with Gasteiger partial charge in [0.25, 0.3) is 0 Å². The number of methoxy groups -OCH3 is 1. The Morgan fingerprint density at radius 3 is 2.60 bits per heavy atom. The number of piperidine rings is 1. The summed E-state index contributed by atoms with van der Waals surface area (Å²) in [5, 5.41) is 0. The molecule has 0 bridgehead atoms. The fourth-order valence-electron chi connectivity index (χ4n) is 3.26. The van der Waals surface area contributed by atoms with Gasteiger partial charge in [0, 0.05) is 26.2 Å². The maximum Gasteiger partial charge on any atom is 0.0698 e. The van der Waals surface area contributed by atoms with Gasteiger partial charge in [-0.3, -0.25) is 4.90 Å². The van der Waals surface area contributed by atoms with E-state index in [2.05, 4.69) is 37.8 Å². The van der Waals surface area contributed by atoms with Gasteiger partial charge in [-0.1, -0.05) is 12.1 Å². The average Bonchev–Trinajstić information content (AvgIpc) is 2.45. The van der Waals surface area contributed by atoms with Crippen molar-refractivity contribution in [2.75, 3.05) is 26.7 Å². The number of hydrogen-bond donors (Lipinski definition) is 1. The van der Waals surface area contributed by atoms with E-state index in [4.69, 9.17) is 10.5 Å². The first-order valence-electron chi connectivity index (χ1n) is 7.61. The third-order valence-corrected chi connectivity index (χ3v) is 4.65. The summed E-state index contributed by atoms with van der Waals surface area (Å²) >= 11 is 0. The Bertz CT molecular complexity index is 459. The minimum absolute atomic E-state index is 0.312. The van der Waals surface area contributed by atoms with Gasteiger partial charge in [0.15, 0.2) is 0 Å². The van der Waals surface area contributed by atoms with Gasteiger partial charge in [0.2, 0.25) is 0 Å². The van der Waals surface area contributed by atoms with Crippen LogP contribution in [0.3, 0.4) is 0 Å². The van der Waals surface area contributed by atoms with Crippen molar-refractivity contribution >= 4 is 0 Å². The zero-order chi connectivity index (χ0) is 14.7. The summed E-state index contributed by atoms with van der Waals surface area (Å²) in [5.41, 5.74) is 11.5. The molecule has 1 fully saturated rings. The van der Waals surface area contributed by atoms with Gasteiger partial charge in [-0.25, -0.2) is 0 Å². The number of hydrogen-bond acceptors (Lipinski definition) is 3. The van der Waals surface area contributed by atoms with Gasteiger partial charge in [0.05, 0.1) is 6.10 Å². The molecule has 1 aliphatic heterocycles. The SMILES string of the molecule is COC1CCCN(C(CN)c2cc(C)c(C)cc2C)C1. The fourth-order valence-corrected chi connectivity index (χ4v) is 3.26. The van der Waals surface area contributed by atoms with Crippen LogP contribution in [0.5, 0.6) is 0 Å². The number of nitrogens with zero attached hydrogens (tertiary/aromatic N) is 1. The monoisotopic (exact) mass is 276 g/mol. The average molecular weight is 276 g/mol. The van der Waals surface area contributed by atoms with Crippen LogP contribution in [0, 0.1) is 20.8 Å². The van der Waals surface area contributed by atoms with Crippen LogP contribution in [0.1, 0.15) is 41.1 Å². The molecule has 2 rings (SSSR count).